The second kappa shape index (κ2) is 8.01. The molecule has 1 heterocycles. The molecular formula is C20H19N3O3S. The van der Waals surface area contributed by atoms with E-state index in [1.807, 2.05) is 6.07 Å². The Morgan fingerprint density at radius 2 is 1.70 bits per heavy atom. The molecule has 3 aromatic rings. The van der Waals surface area contributed by atoms with Gasteiger partial charge in [-0.2, -0.15) is 0 Å². The van der Waals surface area contributed by atoms with Gasteiger partial charge in [-0.25, -0.2) is 8.42 Å². The molecule has 1 N–H and O–H groups in total. The minimum Gasteiger partial charge on any atom is -0.348 e. The minimum atomic E-state index is -3.77. The van der Waals surface area contributed by atoms with E-state index >= 15 is 0 Å². The van der Waals surface area contributed by atoms with Crippen molar-refractivity contribution in [2.75, 3.05) is 11.4 Å². The van der Waals surface area contributed by atoms with Gasteiger partial charge in [-0.3, -0.25) is 14.1 Å². The van der Waals surface area contributed by atoms with Gasteiger partial charge in [-0.15, -0.1) is 0 Å². The van der Waals surface area contributed by atoms with E-state index in [1.54, 1.807) is 60.9 Å². The number of sulfonamides is 1. The third kappa shape index (κ3) is 4.15. The van der Waals surface area contributed by atoms with Gasteiger partial charge in [0.25, 0.3) is 15.9 Å². The summed E-state index contributed by atoms with van der Waals surface area (Å²) in [6.07, 6.45) is 3.32. The number of para-hydroxylation sites is 1. The van der Waals surface area contributed by atoms with Crippen molar-refractivity contribution in [1.29, 1.82) is 0 Å². The summed E-state index contributed by atoms with van der Waals surface area (Å²) < 4.78 is 26.9. The largest absolute Gasteiger partial charge is 0.348 e. The van der Waals surface area contributed by atoms with E-state index in [4.69, 9.17) is 0 Å². The molecule has 0 saturated carbocycles. The van der Waals surface area contributed by atoms with Gasteiger partial charge in [0.2, 0.25) is 0 Å². The van der Waals surface area contributed by atoms with E-state index in [0.717, 1.165) is 9.87 Å². The molecule has 138 valence electrons. The van der Waals surface area contributed by atoms with Gasteiger partial charge in [-0.05, 0) is 35.9 Å². The second-order valence-corrected chi connectivity index (χ2v) is 7.82. The van der Waals surface area contributed by atoms with Crippen molar-refractivity contribution in [3.63, 3.8) is 0 Å². The third-order valence-electron chi connectivity index (χ3n) is 4.07. The summed E-state index contributed by atoms with van der Waals surface area (Å²) in [7, 11) is -2.33. The van der Waals surface area contributed by atoms with Gasteiger partial charge < -0.3 is 5.32 Å². The molecule has 0 unspecified atom stereocenters. The van der Waals surface area contributed by atoms with Crippen molar-refractivity contribution in [3.8, 4) is 0 Å². The van der Waals surface area contributed by atoms with Gasteiger partial charge in [0.15, 0.2) is 0 Å². The maximum absolute atomic E-state index is 12.9. The van der Waals surface area contributed by atoms with Crippen LogP contribution < -0.4 is 9.62 Å². The number of carbonyl (C=O) groups is 1. The Balaban J connectivity index is 1.86. The number of nitrogens with zero attached hydrogens (tertiary/aromatic N) is 2. The summed E-state index contributed by atoms with van der Waals surface area (Å²) in [5.41, 5.74) is 1.45. The number of hydrogen-bond acceptors (Lipinski definition) is 4. The smallest absolute Gasteiger partial charge is 0.264 e. The lowest BCUT2D eigenvalue weighted by Crippen LogP contribution is -2.30. The molecule has 27 heavy (non-hydrogen) atoms. The first kappa shape index (κ1) is 18.6. The Labute approximate surface area is 158 Å². The van der Waals surface area contributed by atoms with Gasteiger partial charge in [0.05, 0.1) is 16.1 Å². The first-order chi connectivity index (χ1) is 13.0. The molecule has 0 aliphatic carbocycles. The van der Waals surface area contributed by atoms with Crippen LogP contribution >= 0.6 is 0 Å². The topological polar surface area (TPSA) is 79.4 Å². The van der Waals surface area contributed by atoms with Gasteiger partial charge in [0.1, 0.15) is 0 Å². The number of hydrogen-bond donors (Lipinski definition) is 1. The van der Waals surface area contributed by atoms with Crippen molar-refractivity contribution in [2.45, 2.75) is 11.4 Å². The highest BCUT2D eigenvalue weighted by molar-refractivity contribution is 7.92. The van der Waals surface area contributed by atoms with Crippen molar-refractivity contribution in [1.82, 2.24) is 10.3 Å². The Hall–Kier alpha value is -3.19. The van der Waals surface area contributed by atoms with Crippen LogP contribution in [0.3, 0.4) is 0 Å². The first-order valence-corrected chi connectivity index (χ1v) is 9.74. The fourth-order valence-corrected chi connectivity index (χ4v) is 3.84. The van der Waals surface area contributed by atoms with Crippen LogP contribution in [0.4, 0.5) is 5.69 Å². The van der Waals surface area contributed by atoms with Crippen LogP contribution in [-0.2, 0) is 16.6 Å². The molecule has 2 aromatic carbocycles. The molecule has 0 atom stereocenters. The van der Waals surface area contributed by atoms with E-state index in [2.05, 4.69) is 10.3 Å². The lowest BCUT2D eigenvalue weighted by Gasteiger charge is -2.22. The number of amides is 1. The average molecular weight is 381 g/mol. The molecule has 1 aromatic heterocycles. The molecule has 0 spiro atoms. The van der Waals surface area contributed by atoms with Crippen LogP contribution in [0.25, 0.3) is 0 Å². The van der Waals surface area contributed by atoms with Gasteiger partial charge in [0, 0.05) is 26.0 Å². The van der Waals surface area contributed by atoms with Crippen molar-refractivity contribution < 1.29 is 13.2 Å². The predicted molar refractivity (Wildman–Crippen MR) is 104 cm³/mol. The number of pyridine rings is 1. The zero-order chi connectivity index (χ0) is 19.3. The number of benzene rings is 2. The Bertz CT molecular complexity index is 1020. The Morgan fingerprint density at radius 1 is 1.00 bits per heavy atom. The molecule has 0 aliphatic rings. The standard InChI is InChI=1S/C20H19N3O3S/c1-23(27(25,26)17-9-3-2-4-10-17)19-12-6-5-11-18(19)20(24)22-15-16-8-7-13-21-14-16/h2-14H,15H2,1H3,(H,22,24). The molecule has 3 rings (SSSR count). The van der Waals surface area contributed by atoms with E-state index in [1.165, 1.54) is 19.2 Å². The molecule has 1 amide bonds. The zero-order valence-corrected chi connectivity index (χ0v) is 15.6. The number of anilines is 1. The van der Waals surface area contributed by atoms with Crippen LogP contribution in [0.1, 0.15) is 15.9 Å². The molecule has 7 heteroatoms. The van der Waals surface area contributed by atoms with Crippen molar-refractivity contribution in [3.05, 3.63) is 90.3 Å². The van der Waals surface area contributed by atoms with Crippen LogP contribution in [0.15, 0.2) is 84.0 Å². The average Bonchev–Trinajstić information content (AvgIpc) is 2.73. The van der Waals surface area contributed by atoms with Crippen LogP contribution in [-0.4, -0.2) is 26.4 Å². The Morgan fingerprint density at radius 3 is 2.41 bits per heavy atom. The van der Waals surface area contributed by atoms with Crippen molar-refractivity contribution in [2.24, 2.45) is 0 Å². The van der Waals surface area contributed by atoms with E-state index in [-0.39, 0.29) is 16.4 Å². The number of aromatic nitrogens is 1. The second-order valence-electron chi connectivity index (χ2n) is 5.85. The van der Waals surface area contributed by atoms with Crippen LogP contribution in [0.2, 0.25) is 0 Å². The number of nitrogens with one attached hydrogen (secondary N) is 1. The molecule has 0 radical (unpaired) electrons. The van der Waals surface area contributed by atoms with Crippen molar-refractivity contribution >= 4 is 21.6 Å². The zero-order valence-electron chi connectivity index (χ0n) is 14.7. The lowest BCUT2D eigenvalue weighted by molar-refractivity contribution is 0.0951. The molecule has 0 aliphatic heterocycles. The highest BCUT2D eigenvalue weighted by atomic mass is 32.2. The van der Waals surface area contributed by atoms with Crippen LogP contribution in [0, 0.1) is 0 Å². The lowest BCUT2D eigenvalue weighted by atomic mass is 10.1. The molecule has 0 fully saturated rings. The molecule has 6 nitrogen and oxygen atoms in total. The summed E-state index contributed by atoms with van der Waals surface area (Å²) in [5, 5.41) is 2.80. The molecule has 0 saturated heterocycles. The monoisotopic (exact) mass is 381 g/mol. The summed E-state index contributed by atoms with van der Waals surface area (Å²) >= 11 is 0. The highest BCUT2D eigenvalue weighted by Gasteiger charge is 2.24. The summed E-state index contributed by atoms with van der Waals surface area (Å²) in [6.45, 7) is 0.302. The molecular weight excluding hydrogens is 362 g/mol. The maximum Gasteiger partial charge on any atom is 0.264 e. The van der Waals surface area contributed by atoms with Crippen LogP contribution in [0.5, 0.6) is 0 Å². The Kier molecular flexibility index (Phi) is 5.52. The first-order valence-electron chi connectivity index (χ1n) is 8.30. The van der Waals surface area contributed by atoms with Gasteiger partial charge >= 0.3 is 0 Å². The maximum atomic E-state index is 12.9. The minimum absolute atomic E-state index is 0.165. The summed E-state index contributed by atoms with van der Waals surface area (Å²) in [5.74, 6) is -0.357. The SMILES string of the molecule is CN(c1ccccc1C(=O)NCc1cccnc1)S(=O)(=O)c1ccccc1. The normalized spacial score (nSPS) is 11.0. The third-order valence-corrected chi connectivity index (χ3v) is 5.85. The predicted octanol–water partition coefficient (Wildman–Crippen LogP) is 2.84. The quantitative estimate of drug-likeness (QED) is 0.712. The number of rotatable bonds is 6. The van der Waals surface area contributed by atoms with Gasteiger partial charge in [-0.1, -0.05) is 36.4 Å². The van der Waals surface area contributed by atoms with E-state index < -0.39 is 10.0 Å². The molecule has 0 bridgehead atoms. The summed E-state index contributed by atoms with van der Waals surface area (Å²) in [6, 6.07) is 18.4. The van der Waals surface area contributed by atoms with E-state index in [9.17, 15) is 13.2 Å². The fourth-order valence-electron chi connectivity index (χ4n) is 2.60. The fraction of sp³-hybridized carbons (Fsp3) is 0.100. The highest BCUT2D eigenvalue weighted by Crippen LogP contribution is 2.25. The number of carbonyl (C=O) groups excluding carboxylic acids is 1. The van der Waals surface area contributed by atoms with E-state index in [0.29, 0.717) is 12.2 Å². The summed E-state index contributed by atoms with van der Waals surface area (Å²) in [4.78, 5) is 16.8.